The lowest BCUT2D eigenvalue weighted by Gasteiger charge is -2.36. The third kappa shape index (κ3) is 2.86. The van der Waals surface area contributed by atoms with Gasteiger partial charge in [0.2, 0.25) is 0 Å². The Balaban J connectivity index is 2.26. The van der Waals surface area contributed by atoms with E-state index in [0.717, 1.165) is 11.1 Å². The van der Waals surface area contributed by atoms with Crippen LogP contribution in [0.15, 0.2) is 24.3 Å². The minimum absolute atomic E-state index is 0.236. The van der Waals surface area contributed by atoms with Crippen molar-refractivity contribution in [3.63, 3.8) is 0 Å². The highest BCUT2D eigenvalue weighted by atomic mass is 16.6. The van der Waals surface area contributed by atoms with Crippen molar-refractivity contribution >= 4 is 12.1 Å². The maximum absolute atomic E-state index is 11.9. The van der Waals surface area contributed by atoms with Gasteiger partial charge in [0.05, 0.1) is 18.1 Å². The van der Waals surface area contributed by atoms with E-state index in [2.05, 4.69) is 0 Å². The number of carboxylic acids is 1. The average molecular weight is 262 g/mol. The molecule has 1 aromatic carbocycles. The van der Waals surface area contributed by atoms with E-state index in [0.29, 0.717) is 0 Å². The molecular weight excluding hydrogens is 246 g/mol. The lowest BCUT2D eigenvalue weighted by molar-refractivity contribution is -0.311. The molecule has 1 aliphatic heterocycles. The molecule has 2 rings (SSSR count). The van der Waals surface area contributed by atoms with Crippen molar-refractivity contribution < 1.29 is 19.4 Å². The summed E-state index contributed by atoms with van der Waals surface area (Å²) in [4.78, 5) is 24.4. The van der Waals surface area contributed by atoms with Crippen LogP contribution in [0.4, 0.5) is 4.79 Å². The molecule has 102 valence electrons. The van der Waals surface area contributed by atoms with E-state index in [9.17, 15) is 14.7 Å². The Morgan fingerprint density at radius 2 is 1.95 bits per heavy atom. The lowest BCUT2D eigenvalue weighted by Crippen LogP contribution is -2.53. The van der Waals surface area contributed by atoms with Gasteiger partial charge in [-0.05, 0) is 31.4 Å². The Hall–Kier alpha value is -2.04. The molecule has 19 heavy (non-hydrogen) atoms. The molecular formula is C14H16NO4-. The lowest BCUT2D eigenvalue weighted by atomic mass is 9.94. The number of amides is 1. The van der Waals surface area contributed by atoms with E-state index >= 15 is 0 Å². The van der Waals surface area contributed by atoms with Gasteiger partial charge in [0.1, 0.15) is 0 Å². The number of rotatable bonds is 2. The first-order chi connectivity index (χ1) is 8.99. The van der Waals surface area contributed by atoms with Gasteiger partial charge in [0.25, 0.3) is 0 Å². The normalized spacial score (nSPS) is 18.1. The Morgan fingerprint density at radius 1 is 1.32 bits per heavy atom. The smallest absolute Gasteiger partial charge is 0.410 e. The van der Waals surface area contributed by atoms with Gasteiger partial charge in [-0.25, -0.2) is 4.79 Å². The highest BCUT2D eigenvalue weighted by molar-refractivity contribution is 5.80. The van der Waals surface area contributed by atoms with Crippen molar-refractivity contribution in [3.05, 3.63) is 35.4 Å². The second-order valence-electron chi connectivity index (χ2n) is 4.87. The van der Waals surface area contributed by atoms with E-state index < -0.39 is 18.1 Å². The van der Waals surface area contributed by atoms with Crippen LogP contribution in [0.25, 0.3) is 0 Å². The van der Waals surface area contributed by atoms with Crippen molar-refractivity contribution in [1.82, 2.24) is 4.90 Å². The third-order valence-corrected chi connectivity index (χ3v) is 3.09. The van der Waals surface area contributed by atoms with E-state index in [-0.39, 0.29) is 19.1 Å². The number of carbonyl (C=O) groups is 2. The number of aliphatic carboxylic acids is 1. The molecule has 1 aliphatic rings. The molecule has 1 unspecified atom stereocenters. The summed E-state index contributed by atoms with van der Waals surface area (Å²) < 4.78 is 5.08. The minimum atomic E-state index is -1.25. The third-order valence-electron chi connectivity index (χ3n) is 3.09. The topological polar surface area (TPSA) is 69.7 Å². The van der Waals surface area contributed by atoms with Crippen LogP contribution in [0.2, 0.25) is 0 Å². The standard InChI is InChI=1S/C14H17NO4/c1-9(2)19-14(18)15-8-11-6-4-3-5-10(11)7-12(15)13(16)17/h3-6,9,12H,7-8H2,1-2H3,(H,16,17)/p-1. The fourth-order valence-corrected chi connectivity index (χ4v) is 2.19. The number of fused-ring (bicyclic) bond motifs is 1. The summed E-state index contributed by atoms with van der Waals surface area (Å²) >= 11 is 0. The molecule has 0 bridgehead atoms. The fourth-order valence-electron chi connectivity index (χ4n) is 2.19. The van der Waals surface area contributed by atoms with Crippen LogP contribution in [0, 0.1) is 0 Å². The summed E-state index contributed by atoms with van der Waals surface area (Å²) in [6, 6.07) is 6.51. The maximum atomic E-state index is 11.9. The van der Waals surface area contributed by atoms with Crippen LogP contribution in [-0.4, -0.2) is 29.1 Å². The Labute approximate surface area is 111 Å². The molecule has 5 nitrogen and oxygen atoms in total. The van der Waals surface area contributed by atoms with E-state index in [4.69, 9.17) is 4.74 Å². The van der Waals surface area contributed by atoms with Crippen molar-refractivity contribution in [2.24, 2.45) is 0 Å². The number of ether oxygens (including phenoxy) is 1. The molecule has 0 saturated heterocycles. The number of benzene rings is 1. The first kappa shape index (κ1) is 13.4. The van der Waals surface area contributed by atoms with Gasteiger partial charge < -0.3 is 14.6 Å². The monoisotopic (exact) mass is 262 g/mol. The summed E-state index contributed by atoms with van der Waals surface area (Å²) in [7, 11) is 0. The van der Waals surface area contributed by atoms with Crippen LogP contribution in [-0.2, 0) is 22.5 Å². The van der Waals surface area contributed by atoms with Gasteiger partial charge in [-0.15, -0.1) is 0 Å². The molecule has 1 amide bonds. The first-order valence-electron chi connectivity index (χ1n) is 6.24. The predicted molar refractivity (Wildman–Crippen MR) is 66.1 cm³/mol. The molecule has 5 heteroatoms. The van der Waals surface area contributed by atoms with E-state index in [1.807, 2.05) is 24.3 Å². The quantitative estimate of drug-likeness (QED) is 0.787. The van der Waals surface area contributed by atoms with Gasteiger partial charge in [0, 0.05) is 6.54 Å². The number of hydrogen-bond acceptors (Lipinski definition) is 4. The average Bonchev–Trinajstić information content (AvgIpc) is 2.36. The van der Waals surface area contributed by atoms with Gasteiger partial charge in [-0.3, -0.25) is 4.90 Å². The molecule has 0 saturated carbocycles. The Kier molecular flexibility index (Phi) is 3.74. The zero-order valence-corrected chi connectivity index (χ0v) is 11.0. The second kappa shape index (κ2) is 5.30. The first-order valence-corrected chi connectivity index (χ1v) is 6.24. The van der Waals surface area contributed by atoms with Crippen LogP contribution >= 0.6 is 0 Å². The number of nitrogens with zero attached hydrogens (tertiary/aromatic N) is 1. The van der Waals surface area contributed by atoms with Crippen molar-refractivity contribution in [2.45, 2.75) is 39.0 Å². The summed E-state index contributed by atoms with van der Waals surface area (Å²) in [6.07, 6.45) is -0.642. The summed E-state index contributed by atoms with van der Waals surface area (Å²) in [5, 5.41) is 11.2. The molecule has 0 aromatic heterocycles. The van der Waals surface area contributed by atoms with Crippen LogP contribution in [0.5, 0.6) is 0 Å². The van der Waals surface area contributed by atoms with Crippen molar-refractivity contribution in [1.29, 1.82) is 0 Å². The number of carbonyl (C=O) groups excluding carboxylic acids is 2. The molecule has 1 heterocycles. The maximum Gasteiger partial charge on any atom is 0.410 e. The van der Waals surface area contributed by atoms with Crippen LogP contribution in [0.1, 0.15) is 25.0 Å². The van der Waals surface area contributed by atoms with Crippen LogP contribution < -0.4 is 5.11 Å². The molecule has 0 aliphatic carbocycles. The highest BCUT2D eigenvalue weighted by Crippen LogP contribution is 2.24. The Morgan fingerprint density at radius 3 is 2.53 bits per heavy atom. The molecule has 1 aromatic rings. The zero-order chi connectivity index (χ0) is 14.0. The zero-order valence-electron chi connectivity index (χ0n) is 11.0. The summed E-state index contributed by atoms with van der Waals surface area (Å²) in [5.41, 5.74) is 1.88. The molecule has 0 N–H and O–H groups in total. The SMILES string of the molecule is CC(C)OC(=O)N1Cc2ccccc2CC1C(=O)[O-]. The molecule has 0 fully saturated rings. The molecule has 0 radical (unpaired) electrons. The van der Waals surface area contributed by atoms with E-state index in [1.54, 1.807) is 13.8 Å². The van der Waals surface area contributed by atoms with Crippen LogP contribution in [0.3, 0.4) is 0 Å². The van der Waals surface area contributed by atoms with Crippen molar-refractivity contribution in [2.75, 3.05) is 0 Å². The van der Waals surface area contributed by atoms with Gasteiger partial charge in [0.15, 0.2) is 0 Å². The van der Waals surface area contributed by atoms with Gasteiger partial charge in [-0.1, -0.05) is 24.3 Å². The molecule has 0 spiro atoms. The number of hydrogen-bond donors (Lipinski definition) is 0. The largest absolute Gasteiger partial charge is 0.548 e. The summed E-state index contributed by atoms with van der Waals surface area (Å²) in [5.74, 6) is -1.25. The van der Waals surface area contributed by atoms with E-state index in [1.165, 1.54) is 4.90 Å². The number of carboxylic acid groups (broad SMARTS) is 1. The Bertz CT molecular complexity index is 498. The second-order valence-corrected chi connectivity index (χ2v) is 4.87. The predicted octanol–water partition coefficient (Wildman–Crippen LogP) is 0.708. The minimum Gasteiger partial charge on any atom is -0.548 e. The van der Waals surface area contributed by atoms with Gasteiger partial charge in [-0.2, -0.15) is 0 Å². The fraction of sp³-hybridized carbons (Fsp3) is 0.429. The molecule has 1 atom stereocenters. The highest BCUT2D eigenvalue weighted by Gasteiger charge is 2.31. The van der Waals surface area contributed by atoms with Gasteiger partial charge >= 0.3 is 6.09 Å². The summed E-state index contributed by atoms with van der Waals surface area (Å²) in [6.45, 7) is 3.69. The van der Waals surface area contributed by atoms with Crippen molar-refractivity contribution in [3.8, 4) is 0 Å².